The molecule has 1 aliphatic rings. The summed E-state index contributed by atoms with van der Waals surface area (Å²) in [5.74, 6) is -1.31. The number of nitrogens with one attached hydrogen (secondary N) is 1. The largest absolute Gasteiger partial charge is 0.445 e. The van der Waals surface area contributed by atoms with Crippen LogP contribution >= 0.6 is 0 Å². The fraction of sp³-hybridized carbons (Fsp3) is 0.357. The van der Waals surface area contributed by atoms with Gasteiger partial charge in [0.25, 0.3) is 0 Å². The second-order valence-electron chi connectivity index (χ2n) is 4.59. The molecule has 1 saturated heterocycles. The molecule has 0 bridgehead atoms. The third kappa shape index (κ3) is 3.81. The van der Waals surface area contributed by atoms with E-state index in [9.17, 15) is 14.4 Å². The van der Waals surface area contributed by atoms with Gasteiger partial charge in [0.15, 0.2) is 0 Å². The van der Waals surface area contributed by atoms with Gasteiger partial charge in [0.1, 0.15) is 12.6 Å². The van der Waals surface area contributed by atoms with E-state index in [1.165, 1.54) is 0 Å². The van der Waals surface area contributed by atoms with E-state index in [-0.39, 0.29) is 19.4 Å². The third-order valence-corrected chi connectivity index (χ3v) is 2.88. The van der Waals surface area contributed by atoms with Crippen LogP contribution in [-0.2, 0) is 25.7 Å². The van der Waals surface area contributed by atoms with Crippen LogP contribution in [0.25, 0.3) is 0 Å². The van der Waals surface area contributed by atoms with Crippen LogP contribution in [0.1, 0.15) is 24.0 Å². The van der Waals surface area contributed by atoms with E-state index < -0.39 is 24.1 Å². The second kappa shape index (κ2) is 6.18. The number of aryl methyl sites for hydroxylation is 1. The van der Waals surface area contributed by atoms with Crippen molar-refractivity contribution in [3.05, 3.63) is 35.4 Å². The van der Waals surface area contributed by atoms with Crippen molar-refractivity contribution in [3.63, 3.8) is 0 Å². The summed E-state index contributed by atoms with van der Waals surface area (Å²) in [4.78, 5) is 33.8. The average molecular weight is 277 g/mol. The fourth-order valence-electron chi connectivity index (χ4n) is 1.88. The first-order valence-electron chi connectivity index (χ1n) is 6.28. The normalized spacial score (nSPS) is 18.4. The molecule has 0 spiro atoms. The summed E-state index contributed by atoms with van der Waals surface area (Å²) in [6.45, 7) is 2.06. The standard InChI is InChI=1S/C14H15NO5/c1-9-3-2-4-10(7-9)8-19-14(18)15-11-5-6-12(16)20-13(11)17/h2-4,7,11H,5-6,8H2,1H3,(H,15,18)/t11-/m0/s1. The zero-order chi connectivity index (χ0) is 14.5. The van der Waals surface area contributed by atoms with Gasteiger partial charge in [-0.2, -0.15) is 0 Å². The molecule has 0 radical (unpaired) electrons. The molecule has 6 heteroatoms. The van der Waals surface area contributed by atoms with Crippen molar-refractivity contribution in [2.45, 2.75) is 32.4 Å². The SMILES string of the molecule is Cc1cccc(COC(=O)N[C@H]2CCC(=O)OC2=O)c1. The van der Waals surface area contributed by atoms with Crippen LogP contribution in [0, 0.1) is 6.92 Å². The first-order valence-corrected chi connectivity index (χ1v) is 6.28. The fourth-order valence-corrected chi connectivity index (χ4v) is 1.88. The molecule has 0 aliphatic carbocycles. The Labute approximate surface area is 116 Å². The Kier molecular flexibility index (Phi) is 4.34. The maximum atomic E-state index is 11.6. The van der Waals surface area contributed by atoms with Gasteiger partial charge in [-0.3, -0.25) is 4.79 Å². The molecule has 1 aromatic rings. The number of rotatable bonds is 3. The maximum Gasteiger partial charge on any atom is 0.408 e. The van der Waals surface area contributed by atoms with Gasteiger partial charge in [-0.25, -0.2) is 9.59 Å². The van der Waals surface area contributed by atoms with Crippen LogP contribution < -0.4 is 5.32 Å². The lowest BCUT2D eigenvalue weighted by molar-refractivity contribution is -0.165. The molecule has 0 saturated carbocycles. The van der Waals surface area contributed by atoms with E-state index in [0.29, 0.717) is 0 Å². The van der Waals surface area contributed by atoms with Gasteiger partial charge < -0.3 is 14.8 Å². The van der Waals surface area contributed by atoms with Gasteiger partial charge in [0, 0.05) is 6.42 Å². The zero-order valence-corrected chi connectivity index (χ0v) is 11.0. The predicted octanol–water partition coefficient (Wildman–Crippen LogP) is 1.45. The molecule has 20 heavy (non-hydrogen) atoms. The number of carbonyl (C=O) groups is 3. The Bertz CT molecular complexity index is 540. The lowest BCUT2D eigenvalue weighted by Crippen LogP contribution is -2.45. The molecule has 1 fully saturated rings. The molecule has 1 atom stereocenters. The van der Waals surface area contributed by atoms with Crippen molar-refractivity contribution in [3.8, 4) is 0 Å². The van der Waals surface area contributed by atoms with Crippen LogP contribution in [0.2, 0.25) is 0 Å². The number of cyclic esters (lactones) is 2. The molecular formula is C14H15NO5. The number of benzene rings is 1. The molecule has 6 nitrogen and oxygen atoms in total. The van der Waals surface area contributed by atoms with Crippen LogP contribution in [0.3, 0.4) is 0 Å². The summed E-state index contributed by atoms with van der Waals surface area (Å²) in [5.41, 5.74) is 1.93. The number of hydrogen-bond acceptors (Lipinski definition) is 5. The predicted molar refractivity (Wildman–Crippen MR) is 68.6 cm³/mol. The molecule has 1 heterocycles. The van der Waals surface area contributed by atoms with Gasteiger partial charge in [-0.1, -0.05) is 29.8 Å². The van der Waals surface area contributed by atoms with Gasteiger partial charge in [-0.05, 0) is 18.9 Å². The average Bonchev–Trinajstić information content (AvgIpc) is 2.40. The van der Waals surface area contributed by atoms with E-state index in [2.05, 4.69) is 10.1 Å². The molecule has 0 unspecified atom stereocenters. The molecular weight excluding hydrogens is 262 g/mol. The van der Waals surface area contributed by atoms with E-state index in [0.717, 1.165) is 11.1 Å². The monoisotopic (exact) mass is 277 g/mol. The number of alkyl carbamates (subject to hydrolysis) is 1. The Morgan fingerprint density at radius 3 is 2.95 bits per heavy atom. The number of carbonyl (C=O) groups excluding carboxylic acids is 3. The summed E-state index contributed by atoms with van der Waals surface area (Å²) in [5, 5.41) is 2.39. The molecule has 1 aromatic carbocycles. The highest BCUT2D eigenvalue weighted by Crippen LogP contribution is 2.10. The van der Waals surface area contributed by atoms with Crippen molar-refractivity contribution in [1.82, 2.24) is 5.32 Å². The highest BCUT2D eigenvalue weighted by atomic mass is 16.6. The minimum Gasteiger partial charge on any atom is -0.445 e. The van der Waals surface area contributed by atoms with Crippen LogP contribution in [-0.4, -0.2) is 24.1 Å². The van der Waals surface area contributed by atoms with Crippen molar-refractivity contribution < 1.29 is 23.9 Å². The van der Waals surface area contributed by atoms with Crippen molar-refractivity contribution >= 4 is 18.0 Å². The lowest BCUT2D eigenvalue weighted by atomic mass is 10.1. The van der Waals surface area contributed by atoms with Gasteiger partial charge in [0.2, 0.25) is 0 Å². The Hall–Kier alpha value is -2.37. The molecule has 2 rings (SSSR count). The summed E-state index contributed by atoms with van der Waals surface area (Å²) < 4.78 is 9.45. The summed E-state index contributed by atoms with van der Waals surface area (Å²) in [7, 11) is 0. The maximum absolute atomic E-state index is 11.6. The first kappa shape index (κ1) is 14.0. The van der Waals surface area contributed by atoms with E-state index in [1.54, 1.807) is 0 Å². The molecule has 0 aromatic heterocycles. The number of hydrogen-bond donors (Lipinski definition) is 1. The van der Waals surface area contributed by atoms with Gasteiger partial charge >= 0.3 is 18.0 Å². The lowest BCUT2D eigenvalue weighted by Gasteiger charge is -2.20. The summed E-state index contributed by atoms with van der Waals surface area (Å²) >= 11 is 0. The number of ether oxygens (including phenoxy) is 2. The van der Waals surface area contributed by atoms with Crippen LogP contribution in [0.5, 0.6) is 0 Å². The van der Waals surface area contributed by atoms with Crippen molar-refractivity contribution in [1.29, 1.82) is 0 Å². The summed E-state index contributed by atoms with van der Waals surface area (Å²) in [6.07, 6.45) is -0.367. The van der Waals surface area contributed by atoms with E-state index >= 15 is 0 Å². The Morgan fingerprint density at radius 1 is 1.45 bits per heavy atom. The smallest absolute Gasteiger partial charge is 0.408 e. The van der Waals surface area contributed by atoms with Gasteiger partial charge in [-0.15, -0.1) is 0 Å². The Balaban J connectivity index is 1.81. The minimum atomic E-state index is -0.822. The first-order chi connectivity index (χ1) is 9.54. The van der Waals surface area contributed by atoms with Crippen molar-refractivity contribution in [2.75, 3.05) is 0 Å². The topological polar surface area (TPSA) is 81.7 Å². The van der Waals surface area contributed by atoms with Gasteiger partial charge in [0.05, 0.1) is 0 Å². The third-order valence-electron chi connectivity index (χ3n) is 2.88. The molecule has 1 aliphatic heterocycles. The zero-order valence-electron chi connectivity index (χ0n) is 11.0. The number of esters is 2. The highest BCUT2D eigenvalue weighted by molar-refractivity contribution is 5.92. The molecule has 106 valence electrons. The molecule has 1 N–H and O–H groups in total. The quantitative estimate of drug-likeness (QED) is 0.668. The summed E-state index contributed by atoms with van der Waals surface area (Å²) in [6, 6.07) is 6.74. The highest BCUT2D eigenvalue weighted by Gasteiger charge is 2.30. The van der Waals surface area contributed by atoms with Crippen LogP contribution in [0.4, 0.5) is 4.79 Å². The minimum absolute atomic E-state index is 0.106. The van der Waals surface area contributed by atoms with Crippen molar-refractivity contribution in [2.24, 2.45) is 0 Å². The second-order valence-corrected chi connectivity index (χ2v) is 4.59. The Morgan fingerprint density at radius 2 is 2.25 bits per heavy atom. The van der Waals surface area contributed by atoms with E-state index in [1.807, 2.05) is 31.2 Å². The van der Waals surface area contributed by atoms with Crippen LogP contribution in [0.15, 0.2) is 24.3 Å². The van der Waals surface area contributed by atoms with E-state index in [4.69, 9.17) is 4.74 Å². The molecule has 1 amide bonds. The number of amides is 1.